The molecule has 19 heavy (non-hydrogen) atoms. The Morgan fingerprint density at radius 3 is 2.84 bits per heavy atom. The lowest BCUT2D eigenvalue weighted by Crippen LogP contribution is -2.32. The van der Waals surface area contributed by atoms with Gasteiger partial charge in [0.25, 0.3) is 0 Å². The molecule has 0 heterocycles. The van der Waals surface area contributed by atoms with Crippen LogP contribution < -0.4 is 10.1 Å². The first-order valence-corrected chi connectivity index (χ1v) is 7.09. The standard InChI is InChI=1S/C16H23NO2/c18-15(13-19-16-8-2-1-3-9-16)12-17-11-10-14-6-4-5-7-14/h1-3,6,8-9,15,17-18H,4-5,7,10-13H2. The van der Waals surface area contributed by atoms with E-state index in [1.165, 1.54) is 19.3 Å². The number of benzene rings is 1. The highest BCUT2D eigenvalue weighted by molar-refractivity contribution is 5.20. The van der Waals surface area contributed by atoms with Gasteiger partial charge in [-0.15, -0.1) is 0 Å². The molecule has 0 saturated carbocycles. The van der Waals surface area contributed by atoms with Crippen LogP contribution in [0.1, 0.15) is 25.7 Å². The topological polar surface area (TPSA) is 41.5 Å². The van der Waals surface area contributed by atoms with Crippen LogP contribution >= 0.6 is 0 Å². The maximum absolute atomic E-state index is 9.80. The lowest BCUT2D eigenvalue weighted by molar-refractivity contribution is 0.106. The van der Waals surface area contributed by atoms with Crippen molar-refractivity contribution < 1.29 is 9.84 Å². The zero-order valence-corrected chi connectivity index (χ0v) is 11.3. The van der Waals surface area contributed by atoms with Gasteiger partial charge in [0.2, 0.25) is 0 Å². The molecule has 1 aliphatic carbocycles. The lowest BCUT2D eigenvalue weighted by Gasteiger charge is -2.13. The molecule has 0 radical (unpaired) electrons. The van der Waals surface area contributed by atoms with Gasteiger partial charge >= 0.3 is 0 Å². The number of aliphatic hydroxyl groups excluding tert-OH is 1. The monoisotopic (exact) mass is 261 g/mol. The minimum Gasteiger partial charge on any atom is -0.491 e. The summed E-state index contributed by atoms with van der Waals surface area (Å²) in [6.45, 7) is 1.86. The molecule has 0 aromatic heterocycles. The largest absolute Gasteiger partial charge is 0.491 e. The molecule has 0 spiro atoms. The van der Waals surface area contributed by atoms with Crippen LogP contribution in [0, 0.1) is 0 Å². The van der Waals surface area contributed by atoms with Crippen molar-refractivity contribution in [2.24, 2.45) is 0 Å². The summed E-state index contributed by atoms with van der Waals surface area (Å²) in [5.74, 6) is 0.803. The number of hydrogen-bond donors (Lipinski definition) is 2. The van der Waals surface area contributed by atoms with E-state index in [0.29, 0.717) is 13.2 Å². The molecule has 1 unspecified atom stereocenters. The minimum atomic E-state index is -0.460. The molecule has 104 valence electrons. The molecule has 0 fully saturated rings. The van der Waals surface area contributed by atoms with Crippen molar-refractivity contribution in [3.8, 4) is 5.75 Å². The molecule has 3 heteroatoms. The summed E-state index contributed by atoms with van der Waals surface area (Å²) >= 11 is 0. The predicted molar refractivity (Wildman–Crippen MR) is 77.4 cm³/mol. The van der Waals surface area contributed by atoms with Gasteiger partial charge in [-0.1, -0.05) is 29.8 Å². The van der Waals surface area contributed by atoms with Crippen molar-refractivity contribution >= 4 is 0 Å². The molecule has 3 nitrogen and oxygen atoms in total. The first-order valence-electron chi connectivity index (χ1n) is 7.09. The first-order chi connectivity index (χ1) is 9.34. The van der Waals surface area contributed by atoms with Gasteiger partial charge in [-0.2, -0.15) is 0 Å². The van der Waals surface area contributed by atoms with Crippen molar-refractivity contribution in [1.82, 2.24) is 5.32 Å². The van der Waals surface area contributed by atoms with Crippen molar-refractivity contribution in [2.45, 2.75) is 31.8 Å². The van der Waals surface area contributed by atoms with E-state index in [1.54, 1.807) is 5.57 Å². The number of ether oxygens (including phenoxy) is 1. The fourth-order valence-corrected chi connectivity index (χ4v) is 2.25. The quantitative estimate of drug-likeness (QED) is 0.558. The minimum absolute atomic E-state index is 0.333. The Hall–Kier alpha value is -1.32. The fourth-order valence-electron chi connectivity index (χ4n) is 2.25. The second kappa shape index (κ2) is 7.97. The SMILES string of the molecule is OC(CNCCC1=CCCC1)COc1ccccc1. The van der Waals surface area contributed by atoms with Crippen molar-refractivity contribution in [2.75, 3.05) is 19.7 Å². The summed E-state index contributed by atoms with van der Waals surface area (Å²) in [5, 5.41) is 13.1. The zero-order chi connectivity index (χ0) is 13.3. The predicted octanol–water partition coefficient (Wildman–Crippen LogP) is 2.52. The Balaban J connectivity index is 1.53. The number of rotatable bonds is 8. The van der Waals surface area contributed by atoms with Crippen LogP contribution in [-0.2, 0) is 0 Å². The number of aliphatic hydroxyl groups is 1. The van der Waals surface area contributed by atoms with Crippen molar-refractivity contribution in [1.29, 1.82) is 0 Å². The van der Waals surface area contributed by atoms with E-state index in [0.717, 1.165) is 18.7 Å². The molecular weight excluding hydrogens is 238 g/mol. The molecule has 2 N–H and O–H groups in total. The summed E-state index contributed by atoms with van der Waals surface area (Å²) in [6, 6.07) is 9.59. The van der Waals surface area contributed by atoms with E-state index < -0.39 is 6.10 Å². The van der Waals surface area contributed by atoms with E-state index in [4.69, 9.17) is 4.74 Å². The highest BCUT2D eigenvalue weighted by Gasteiger charge is 2.06. The highest BCUT2D eigenvalue weighted by atomic mass is 16.5. The van der Waals surface area contributed by atoms with E-state index in [9.17, 15) is 5.11 Å². The molecule has 0 saturated heterocycles. The molecule has 1 atom stereocenters. The van der Waals surface area contributed by atoms with Crippen LogP contribution in [-0.4, -0.2) is 30.9 Å². The first kappa shape index (κ1) is 14.1. The third kappa shape index (κ3) is 5.45. The fraction of sp³-hybridized carbons (Fsp3) is 0.500. The van der Waals surface area contributed by atoms with Crippen LogP contribution in [0.2, 0.25) is 0 Å². The summed E-state index contributed by atoms with van der Waals surface area (Å²) in [6.07, 6.45) is 6.79. The van der Waals surface area contributed by atoms with Crippen molar-refractivity contribution in [3.05, 3.63) is 42.0 Å². The molecule has 1 aromatic carbocycles. The van der Waals surface area contributed by atoms with Crippen LogP contribution in [0.3, 0.4) is 0 Å². The maximum Gasteiger partial charge on any atom is 0.119 e. The molecule has 0 aliphatic heterocycles. The Bertz CT molecular complexity index is 389. The third-order valence-corrected chi connectivity index (χ3v) is 3.32. The number of allylic oxidation sites excluding steroid dienone is 1. The Labute approximate surface area is 115 Å². The van der Waals surface area contributed by atoms with Gasteiger partial charge < -0.3 is 15.2 Å². The maximum atomic E-state index is 9.80. The van der Waals surface area contributed by atoms with Gasteiger partial charge in [-0.3, -0.25) is 0 Å². The number of para-hydroxylation sites is 1. The Kier molecular flexibility index (Phi) is 5.92. The number of nitrogens with one attached hydrogen (secondary N) is 1. The average Bonchev–Trinajstić information content (AvgIpc) is 2.96. The van der Waals surface area contributed by atoms with Gasteiger partial charge in [-0.25, -0.2) is 0 Å². The lowest BCUT2D eigenvalue weighted by atomic mass is 10.2. The summed E-state index contributed by atoms with van der Waals surface area (Å²) in [5.41, 5.74) is 1.56. The van der Waals surface area contributed by atoms with E-state index in [1.807, 2.05) is 30.3 Å². The van der Waals surface area contributed by atoms with Gasteiger partial charge in [0.15, 0.2) is 0 Å². The molecule has 2 rings (SSSR count). The third-order valence-electron chi connectivity index (χ3n) is 3.32. The van der Waals surface area contributed by atoms with Crippen LogP contribution in [0.5, 0.6) is 5.75 Å². The van der Waals surface area contributed by atoms with E-state index in [-0.39, 0.29) is 0 Å². The Morgan fingerprint density at radius 2 is 2.11 bits per heavy atom. The molecular formula is C16H23NO2. The van der Waals surface area contributed by atoms with Gasteiger partial charge in [-0.05, 0) is 44.4 Å². The highest BCUT2D eigenvalue weighted by Crippen LogP contribution is 2.19. The normalized spacial score (nSPS) is 16.2. The smallest absolute Gasteiger partial charge is 0.119 e. The molecule has 1 aliphatic rings. The average molecular weight is 261 g/mol. The van der Waals surface area contributed by atoms with E-state index in [2.05, 4.69) is 11.4 Å². The Morgan fingerprint density at radius 1 is 1.26 bits per heavy atom. The van der Waals surface area contributed by atoms with Crippen molar-refractivity contribution in [3.63, 3.8) is 0 Å². The van der Waals surface area contributed by atoms with Gasteiger partial charge in [0.1, 0.15) is 18.5 Å². The summed E-state index contributed by atoms with van der Waals surface area (Å²) in [7, 11) is 0. The molecule has 0 amide bonds. The second-order valence-corrected chi connectivity index (χ2v) is 4.99. The molecule has 0 bridgehead atoms. The van der Waals surface area contributed by atoms with E-state index >= 15 is 0 Å². The van der Waals surface area contributed by atoms with Crippen LogP contribution in [0.25, 0.3) is 0 Å². The van der Waals surface area contributed by atoms with Gasteiger partial charge in [0, 0.05) is 6.54 Å². The summed E-state index contributed by atoms with van der Waals surface area (Å²) < 4.78 is 5.50. The van der Waals surface area contributed by atoms with Crippen LogP contribution in [0.4, 0.5) is 0 Å². The molecule has 1 aromatic rings. The van der Waals surface area contributed by atoms with Gasteiger partial charge in [0.05, 0.1) is 0 Å². The number of hydrogen-bond acceptors (Lipinski definition) is 3. The van der Waals surface area contributed by atoms with Crippen LogP contribution in [0.15, 0.2) is 42.0 Å². The second-order valence-electron chi connectivity index (χ2n) is 4.99. The summed E-state index contributed by atoms with van der Waals surface area (Å²) in [4.78, 5) is 0. The zero-order valence-electron chi connectivity index (χ0n) is 11.3.